The molecular weight excluding hydrogens is 438 g/mol. The fourth-order valence-corrected chi connectivity index (χ4v) is 6.56. The molecule has 158 valence electrons. The number of hydrogen-bond donors (Lipinski definition) is 1. The number of nitrogens with zero attached hydrogens (tertiary/aromatic N) is 2. The van der Waals surface area contributed by atoms with Gasteiger partial charge in [-0.1, -0.05) is 18.9 Å². The first kappa shape index (κ1) is 21.2. The van der Waals surface area contributed by atoms with Gasteiger partial charge in [-0.05, 0) is 48.6 Å². The highest BCUT2D eigenvalue weighted by Crippen LogP contribution is 2.28. The maximum Gasteiger partial charge on any atom is 0.243 e. The highest BCUT2D eigenvalue weighted by molar-refractivity contribution is 7.89. The zero-order valence-corrected chi connectivity index (χ0v) is 18.9. The Morgan fingerprint density at radius 3 is 2.43 bits per heavy atom. The van der Waals surface area contributed by atoms with Crippen LogP contribution in [0.4, 0.5) is 5.69 Å². The molecule has 0 aliphatic carbocycles. The number of thiazole rings is 1. The third-order valence-corrected chi connectivity index (χ3v) is 8.81. The summed E-state index contributed by atoms with van der Waals surface area (Å²) in [5.74, 6) is -0.179. The summed E-state index contributed by atoms with van der Waals surface area (Å²) in [5, 5.41) is 7.63. The molecule has 0 radical (unpaired) electrons. The molecule has 0 spiro atoms. The van der Waals surface area contributed by atoms with Gasteiger partial charge < -0.3 is 5.32 Å². The molecule has 9 heteroatoms. The van der Waals surface area contributed by atoms with Gasteiger partial charge in [0.1, 0.15) is 5.01 Å². The zero-order chi connectivity index (χ0) is 21.0. The molecule has 6 nitrogen and oxygen atoms in total. The highest BCUT2D eigenvalue weighted by atomic mass is 32.2. The van der Waals surface area contributed by atoms with Crippen molar-refractivity contribution in [3.63, 3.8) is 0 Å². The van der Waals surface area contributed by atoms with Crippen molar-refractivity contribution in [3.8, 4) is 9.88 Å². The molecule has 1 aromatic carbocycles. The third-order valence-electron chi connectivity index (χ3n) is 4.97. The summed E-state index contributed by atoms with van der Waals surface area (Å²) in [5.41, 5.74) is 1.30. The Hall–Kier alpha value is -2.07. The van der Waals surface area contributed by atoms with Crippen LogP contribution in [0.25, 0.3) is 9.88 Å². The zero-order valence-electron chi connectivity index (χ0n) is 16.4. The van der Waals surface area contributed by atoms with E-state index in [0.717, 1.165) is 41.3 Å². The van der Waals surface area contributed by atoms with Gasteiger partial charge in [-0.3, -0.25) is 4.79 Å². The molecule has 1 aliphatic rings. The van der Waals surface area contributed by atoms with Crippen LogP contribution in [0.2, 0.25) is 0 Å². The van der Waals surface area contributed by atoms with E-state index in [1.165, 1.54) is 11.3 Å². The molecular formula is C21H23N3O3S3. The van der Waals surface area contributed by atoms with Gasteiger partial charge >= 0.3 is 0 Å². The Balaban J connectivity index is 1.38. The van der Waals surface area contributed by atoms with Crippen molar-refractivity contribution in [3.05, 3.63) is 52.9 Å². The van der Waals surface area contributed by atoms with E-state index in [-0.39, 0.29) is 17.2 Å². The number of carbonyl (C=O) groups is 1. The summed E-state index contributed by atoms with van der Waals surface area (Å²) in [6.45, 7) is 1.14. The second kappa shape index (κ2) is 9.38. The van der Waals surface area contributed by atoms with Crippen molar-refractivity contribution in [2.75, 3.05) is 18.4 Å². The van der Waals surface area contributed by atoms with Crippen molar-refractivity contribution in [2.24, 2.45) is 0 Å². The van der Waals surface area contributed by atoms with Crippen LogP contribution in [-0.4, -0.2) is 36.7 Å². The molecule has 1 fully saturated rings. The van der Waals surface area contributed by atoms with Gasteiger partial charge in [0.15, 0.2) is 0 Å². The van der Waals surface area contributed by atoms with Crippen molar-refractivity contribution in [2.45, 2.75) is 37.0 Å². The summed E-state index contributed by atoms with van der Waals surface area (Å²) in [6.07, 6.45) is 4.13. The van der Waals surface area contributed by atoms with Gasteiger partial charge in [0.25, 0.3) is 0 Å². The first-order valence-electron chi connectivity index (χ1n) is 9.91. The van der Waals surface area contributed by atoms with Gasteiger partial charge in [-0.25, -0.2) is 13.4 Å². The van der Waals surface area contributed by atoms with Gasteiger partial charge in [0.05, 0.1) is 21.9 Å². The molecule has 1 saturated heterocycles. The number of amides is 1. The normalized spacial score (nSPS) is 15.6. The first-order chi connectivity index (χ1) is 14.5. The largest absolute Gasteiger partial charge is 0.326 e. The van der Waals surface area contributed by atoms with Gasteiger partial charge in [-0.2, -0.15) is 4.31 Å². The molecule has 2 aromatic heterocycles. The number of aromatic nitrogens is 1. The van der Waals surface area contributed by atoms with E-state index in [9.17, 15) is 13.2 Å². The number of carbonyl (C=O) groups excluding carboxylic acids is 1. The lowest BCUT2D eigenvalue weighted by Crippen LogP contribution is -2.31. The molecule has 1 amide bonds. The second-order valence-corrected chi connectivity index (χ2v) is 10.9. The van der Waals surface area contributed by atoms with Crippen LogP contribution in [0.5, 0.6) is 0 Å². The smallest absolute Gasteiger partial charge is 0.243 e. The number of benzene rings is 1. The molecule has 0 saturated carbocycles. The van der Waals surface area contributed by atoms with E-state index < -0.39 is 10.0 Å². The number of hydrogen-bond acceptors (Lipinski definition) is 6. The minimum atomic E-state index is -3.48. The fourth-order valence-electron chi connectivity index (χ4n) is 3.41. The number of thiophene rings is 1. The van der Waals surface area contributed by atoms with E-state index in [1.54, 1.807) is 39.9 Å². The van der Waals surface area contributed by atoms with Crippen LogP contribution in [-0.2, 0) is 21.2 Å². The lowest BCUT2D eigenvalue weighted by Gasteiger charge is -2.20. The molecule has 0 bridgehead atoms. The van der Waals surface area contributed by atoms with Gasteiger partial charge in [0, 0.05) is 24.2 Å². The second-order valence-electron chi connectivity index (χ2n) is 7.19. The molecule has 1 aliphatic heterocycles. The van der Waals surface area contributed by atoms with Crippen molar-refractivity contribution >= 4 is 44.3 Å². The van der Waals surface area contributed by atoms with Crippen LogP contribution in [0.1, 0.15) is 31.4 Å². The maximum atomic E-state index is 12.8. The van der Waals surface area contributed by atoms with Crippen molar-refractivity contribution in [1.82, 2.24) is 9.29 Å². The molecule has 3 heterocycles. The topological polar surface area (TPSA) is 79.4 Å². The molecule has 3 aromatic rings. The Bertz CT molecular complexity index is 1080. The Morgan fingerprint density at radius 1 is 1.03 bits per heavy atom. The van der Waals surface area contributed by atoms with Crippen LogP contribution in [0, 0.1) is 0 Å². The average Bonchev–Trinajstić information content (AvgIpc) is 3.34. The quantitative estimate of drug-likeness (QED) is 0.581. The summed E-state index contributed by atoms with van der Waals surface area (Å²) in [7, 11) is -3.48. The number of anilines is 1. The summed E-state index contributed by atoms with van der Waals surface area (Å²) < 4.78 is 27.3. The third kappa shape index (κ3) is 4.97. The minimum absolute atomic E-state index is 0.176. The number of sulfonamides is 1. The Morgan fingerprint density at radius 2 is 1.77 bits per heavy atom. The maximum absolute atomic E-state index is 12.8. The number of nitrogens with one attached hydrogen (secondary N) is 1. The minimum Gasteiger partial charge on any atom is -0.326 e. The Kier molecular flexibility index (Phi) is 6.62. The predicted octanol–water partition coefficient (Wildman–Crippen LogP) is 4.62. The number of rotatable bonds is 6. The molecule has 1 N–H and O–H groups in total. The van der Waals surface area contributed by atoms with E-state index in [2.05, 4.69) is 10.3 Å². The summed E-state index contributed by atoms with van der Waals surface area (Å²) in [6, 6.07) is 10.4. The fraction of sp³-hybridized carbons (Fsp3) is 0.333. The van der Waals surface area contributed by atoms with E-state index in [1.807, 2.05) is 22.9 Å². The van der Waals surface area contributed by atoms with E-state index in [4.69, 9.17) is 0 Å². The monoisotopic (exact) mass is 461 g/mol. The van der Waals surface area contributed by atoms with Crippen LogP contribution < -0.4 is 5.32 Å². The first-order valence-corrected chi connectivity index (χ1v) is 13.1. The highest BCUT2D eigenvalue weighted by Gasteiger charge is 2.25. The van der Waals surface area contributed by atoms with Crippen LogP contribution in [0.3, 0.4) is 0 Å². The lowest BCUT2D eigenvalue weighted by atomic mass is 10.2. The van der Waals surface area contributed by atoms with Crippen molar-refractivity contribution in [1.29, 1.82) is 0 Å². The summed E-state index contributed by atoms with van der Waals surface area (Å²) >= 11 is 3.14. The van der Waals surface area contributed by atoms with E-state index in [0.29, 0.717) is 18.8 Å². The van der Waals surface area contributed by atoms with Crippen LogP contribution in [0.15, 0.2) is 52.1 Å². The molecule has 4 rings (SSSR count). The van der Waals surface area contributed by atoms with Gasteiger partial charge in [0.2, 0.25) is 15.9 Å². The van der Waals surface area contributed by atoms with E-state index >= 15 is 0 Å². The molecule has 0 atom stereocenters. The molecule has 0 unspecified atom stereocenters. The van der Waals surface area contributed by atoms with Gasteiger partial charge in [-0.15, -0.1) is 22.7 Å². The molecule has 30 heavy (non-hydrogen) atoms. The Labute approximate surface area is 184 Å². The summed E-state index contributed by atoms with van der Waals surface area (Å²) in [4.78, 5) is 18.3. The average molecular weight is 462 g/mol. The van der Waals surface area contributed by atoms with Crippen molar-refractivity contribution < 1.29 is 13.2 Å². The standard InChI is InChI=1S/C21H23N3O3S3/c25-20(14-17-15-29-21(23-17)19-6-5-13-28-19)22-16-7-9-18(10-8-16)30(26,27)24-11-3-1-2-4-12-24/h5-10,13,15H,1-4,11-12,14H2,(H,22,25). The predicted molar refractivity (Wildman–Crippen MR) is 121 cm³/mol. The van der Waals surface area contributed by atoms with Crippen LogP contribution >= 0.6 is 22.7 Å². The SMILES string of the molecule is O=C(Cc1csc(-c2cccs2)n1)Nc1ccc(S(=O)(=O)N2CCCCCC2)cc1. The lowest BCUT2D eigenvalue weighted by molar-refractivity contribution is -0.115.